The number of ether oxygens (including phenoxy) is 3. The molecule has 2 aromatic carbocycles. The topological polar surface area (TPSA) is 73.9 Å². The van der Waals surface area contributed by atoms with E-state index in [9.17, 15) is 9.59 Å². The molecule has 6 nitrogen and oxygen atoms in total. The molecule has 0 fully saturated rings. The average Bonchev–Trinajstić information content (AvgIpc) is 2.62. The van der Waals surface area contributed by atoms with Crippen LogP contribution in [0.1, 0.15) is 12.5 Å². The van der Waals surface area contributed by atoms with E-state index in [4.69, 9.17) is 14.2 Å². The second-order valence-corrected chi connectivity index (χ2v) is 5.37. The van der Waals surface area contributed by atoms with Crippen LogP contribution >= 0.6 is 0 Å². The standard InChI is InChI=1S/C19H21NO5/c1-13(19(22)20-15-6-10-17(24-3)11-7-15)25-18(21)12-14-4-8-16(23-2)9-5-14/h4-11,13H,12H2,1-3H3,(H,20,22)/t13-/m1/s1. The van der Waals surface area contributed by atoms with Crippen LogP contribution in [0.4, 0.5) is 5.69 Å². The smallest absolute Gasteiger partial charge is 0.311 e. The van der Waals surface area contributed by atoms with Gasteiger partial charge in [0.15, 0.2) is 6.10 Å². The Morgan fingerprint density at radius 3 is 1.96 bits per heavy atom. The van der Waals surface area contributed by atoms with Gasteiger partial charge in [-0.2, -0.15) is 0 Å². The molecule has 1 N–H and O–H groups in total. The number of carbonyl (C=O) groups excluding carboxylic acids is 2. The van der Waals surface area contributed by atoms with Crippen LogP contribution in [-0.2, 0) is 20.7 Å². The van der Waals surface area contributed by atoms with Gasteiger partial charge in [0.05, 0.1) is 20.6 Å². The fraction of sp³-hybridized carbons (Fsp3) is 0.263. The van der Waals surface area contributed by atoms with Gasteiger partial charge in [0.25, 0.3) is 5.91 Å². The van der Waals surface area contributed by atoms with E-state index in [2.05, 4.69) is 5.32 Å². The highest BCUT2D eigenvalue weighted by Crippen LogP contribution is 2.16. The van der Waals surface area contributed by atoms with E-state index in [1.165, 1.54) is 6.92 Å². The Morgan fingerprint density at radius 2 is 1.44 bits per heavy atom. The van der Waals surface area contributed by atoms with Crippen LogP contribution in [0, 0.1) is 0 Å². The van der Waals surface area contributed by atoms with Gasteiger partial charge in [-0.25, -0.2) is 0 Å². The van der Waals surface area contributed by atoms with Gasteiger partial charge >= 0.3 is 5.97 Å². The molecule has 6 heteroatoms. The lowest BCUT2D eigenvalue weighted by Crippen LogP contribution is -2.30. The van der Waals surface area contributed by atoms with Crippen molar-refractivity contribution in [2.45, 2.75) is 19.4 Å². The van der Waals surface area contributed by atoms with Gasteiger partial charge in [-0.1, -0.05) is 12.1 Å². The molecule has 1 amide bonds. The van der Waals surface area contributed by atoms with Gasteiger partial charge in [-0.15, -0.1) is 0 Å². The summed E-state index contributed by atoms with van der Waals surface area (Å²) in [6.45, 7) is 1.53. The van der Waals surface area contributed by atoms with E-state index < -0.39 is 18.0 Å². The maximum absolute atomic E-state index is 12.1. The fourth-order valence-electron chi connectivity index (χ4n) is 2.12. The monoisotopic (exact) mass is 343 g/mol. The summed E-state index contributed by atoms with van der Waals surface area (Å²) in [7, 11) is 3.14. The normalized spacial score (nSPS) is 11.3. The second kappa shape index (κ2) is 8.73. The third-order valence-electron chi connectivity index (χ3n) is 3.54. The number of amides is 1. The first kappa shape index (κ1) is 18.3. The van der Waals surface area contributed by atoms with Crippen LogP contribution in [0.5, 0.6) is 11.5 Å². The molecule has 1 atom stereocenters. The first-order chi connectivity index (χ1) is 12.0. The van der Waals surface area contributed by atoms with Crippen LogP contribution < -0.4 is 14.8 Å². The van der Waals surface area contributed by atoms with Crippen molar-refractivity contribution in [2.24, 2.45) is 0 Å². The average molecular weight is 343 g/mol. The number of hydrogen-bond donors (Lipinski definition) is 1. The van der Waals surface area contributed by atoms with Crippen molar-refractivity contribution in [3.05, 3.63) is 54.1 Å². The Balaban J connectivity index is 1.85. The van der Waals surface area contributed by atoms with Crippen LogP contribution in [0.25, 0.3) is 0 Å². The molecule has 0 bridgehead atoms. The zero-order valence-electron chi connectivity index (χ0n) is 14.4. The molecular formula is C19H21NO5. The molecular weight excluding hydrogens is 322 g/mol. The molecule has 2 aromatic rings. The number of nitrogens with one attached hydrogen (secondary N) is 1. The summed E-state index contributed by atoms with van der Waals surface area (Å²) < 4.78 is 15.3. The van der Waals surface area contributed by atoms with Gasteiger partial charge in [-0.05, 0) is 48.9 Å². The van der Waals surface area contributed by atoms with E-state index >= 15 is 0 Å². The first-order valence-corrected chi connectivity index (χ1v) is 7.79. The quantitative estimate of drug-likeness (QED) is 0.783. The van der Waals surface area contributed by atoms with Crippen LogP contribution in [-0.4, -0.2) is 32.2 Å². The molecule has 2 rings (SSSR count). The van der Waals surface area contributed by atoms with Crippen LogP contribution in [0.3, 0.4) is 0 Å². The van der Waals surface area contributed by atoms with Gasteiger partial charge in [0.2, 0.25) is 0 Å². The van der Waals surface area contributed by atoms with E-state index in [0.29, 0.717) is 17.2 Å². The number of methoxy groups -OCH3 is 2. The molecule has 25 heavy (non-hydrogen) atoms. The highest BCUT2D eigenvalue weighted by Gasteiger charge is 2.18. The Hall–Kier alpha value is -3.02. The van der Waals surface area contributed by atoms with Gasteiger partial charge < -0.3 is 19.5 Å². The molecule has 0 aliphatic heterocycles. The van der Waals surface area contributed by atoms with Crippen molar-refractivity contribution in [3.8, 4) is 11.5 Å². The number of esters is 1. The molecule has 0 unspecified atom stereocenters. The number of carbonyl (C=O) groups is 2. The lowest BCUT2D eigenvalue weighted by Gasteiger charge is -2.14. The molecule has 0 saturated carbocycles. The van der Waals surface area contributed by atoms with E-state index in [0.717, 1.165) is 5.56 Å². The third kappa shape index (κ3) is 5.53. The minimum Gasteiger partial charge on any atom is -0.497 e. The first-order valence-electron chi connectivity index (χ1n) is 7.79. The van der Waals surface area contributed by atoms with Crippen molar-refractivity contribution in [3.63, 3.8) is 0 Å². The lowest BCUT2D eigenvalue weighted by atomic mass is 10.1. The lowest BCUT2D eigenvalue weighted by molar-refractivity contribution is -0.152. The van der Waals surface area contributed by atoms with Crippen molar-refractivity contribution >= 4 is 17.6 Å². The summed E-state index contributed by atoms with van der Waals surface area (Å²) in [5.74, 6) is 0.539. The Labute approximate surface area is 146 Å². The number of benzene rings is 2. The highest BCUT2D eigenvalue weighted by atomic mass is 16.5. The Kier molecular flexibility index (Phi) is 6.39. The summed E-state index contributed by atoms with van der Waals surface area (Å²) >= 11 is 0. The molecule has 0 saturated heterocycles. The van der Waals surface area contributed by atoms with E-state index in [-0.39, 0.29) is 6.42 Å². The summed E-state index contributed by atoms with van der Waals surface area (Å²) in [6, 6.07) is 14.0. The zero-order valence-corrected chi connectivity index (χ0v) is 14.4. The fourth-order valence-corrected chi connectivity index (χ4v) is 2.12. The maximum atomic E-state index is 12.1. The maximum Gasteiger partial charge on any atom is 0.311 e. The predicted octanol–water partition coefficient (Wildman–Crippen LogP) is 2.82. The molecule has 132 valence electrons. The van der Waals surface area contributed by atoms with Crippen molar-refractivity contribution in [1.29, 1.82) is 0 Å². The van der Waals surface area contributed by atoms with Gasteiger partial charge in [0, 0.05) is 5.69 Å². The largest absolute Gasteiger partial charge is 0.497 e. The zero-order chi connectivity index (χ0) is 18.2. The summed E-state index contributed by atoms with van der Waals surface area (Å²) in [6.07, 6.45) is -0.808. The number of anilines is 1. The molecule has 0 heterocycles. The van der Waals surface area contributed by atoms with Crippen LogP contribution in [0.2, 0.25) is 0 Å². The number of hydrogen-bond acceptors (Lipinski definition) is 5. The predicted molar refractivity (Wildman–Crippen MR) is 93.9 cm³/mol. The minimum absolute atomic E-state index is 0.0875. The van der Waals surface area contributed by atoms with Gasteiger partial charge in [0.1, 0.15) is 11.5 Å². The molecule has 0 aliphatic rings. The second-order valence-electron chi connectivity index (χ2n) is 5.37. The molecule has 0 radical (unpaired) electrons. The Morgan fingerprint density at radius 1 is 0.920 bits per heavy atom. The van der Waals surface area contributed by atoms with Crippen molar-refractivity contribution in [2.75, 3.05) is 19.5 Å². The van der Waals surface area contributed by atoms with E-state index in [1.54, 1.807) is 62.8 Å². The molecule has 0 aliphatic carbocycles. The minimum atomic E-state index is -0.896. The molecule has 0 aromatic heterocycles. The SMILES string of the molecule is COc1ccc(CC(=O)O[C@H](C)C(=O)Nc2ccc(OC)cc2)cc1. The Bertz CT molecular complexity index is 710. The number of rotatable bonds is 7. The third-order valence-corrected chi connectivity index (χ3v) is 3.54. The van der Waals surface area contributed by atoms with Crippen LogP contribution in [0.15, 0.2) is 48.5 Å². The summed E-state index contributed by atoms with van der Waals surface area (Å²) in [5.41, 5.74) is 1.39. The summed E-state index contributed by atoms with van der Waals surface area (Å²) in [4.78, 5) is 24.1. The van der Waals surface area contributed by atoms with Gasteiger partial charge in [-0.3, -0.25) is 9.59 Å². The molecule has 0 spiro atoms. The van der Waals surface area contributed by atoms with Crippen molar-refractivity contribution in [1.82, 2.24) is 0 Å². The highest BCUT2D eigenvalue weighted by molar-refractivity contribution is 5.95. The summed E-state index contributed by atoms with van der Waals surface area (Å²) in [5, 5.41) is 2.69. The van der Waals surface area contributed by atoms with Crippen molar-refractivity contribution < 1.29 is 23.8 Å². The van der Waals surface area contributed by atoms with E-state index in [1.807, 2.05) is 0 Å².